The van der Waals surface area contributed by atoms with Crippen LogP contribution in [0.1, 0.15) is 35.9 Å². The highest BCUT2D eigenvalue weighted by molar-refractivity contribution is 7.98. The molecular formula is C19H27ClN4O2S. The first-order valence-corrected chi connectivity index (χ1v) is 10.2. The second kappa shape index (κ2) is 8.84. The Bertz CT molecular complexity index is 760. The van der Waals surface area contributed by atoms with E-state index in [4.69, 9.17) is 16.3 Å². The van der Waals surface area contributed by atoms with Crippen molar-refractivity contribution in [1.29, 1.82) is 0 Å². The van der Waals surface area contributed by atoms with Crippen LogP contribution >= 0.6 is 23.7 Å². The van der Waals surface area contributed by atoms with Crippen molar-refractivity contribution in [3.63, 3.8) is 0 Å². The zero-order valence-corrected chi connectivity index (χ0v) is 17.8. The van der Waals surface area contributed by atoms with Gasteiger partial charge in [0.05, 0.1) is 29.6 Å². The standard InChI is InChI=1S/C19H27ClN4O2S/c1-13-18(14(2)22(3)21-13)24(25)27-23-11-9-16(10-12-23)19(26-4)15-5-7-17(20)8-6-15/h5-8,16,19,25H,9-12H2,1-4H3. The van der Waals surface area contributed by atoms with Gasteiger partial charge in [-0.3, -0.25) is 9.89 Å². The van der Waals surface area contributed by atoms with E-state index in [9.17, 15) is 5.21 Å². The topological polar surface area (TPSA) is 53.8 Å². The Balaban J connectivity index is 1.58. The molecule has 6 nitrogen and oxygen atoms in total. The zero-order chi connectivity index (χ0) is 19.6. The largest absolute Gasteiger partial charge is 0.376 e. The lowest BCUT2D eigenvalue weighted by Gasteiger charge is -2.35. The van der Waals surface area contributed by atoms with Gasteiger partial charge in [-0.05, 0) is 50.3 Å². The second-order valence-corrected chi connectivity index (χ2v) is 8.43. The lowest BCUT2D eigenvalue weighted by molar-refractivity contribution is 0.0312. The molecule has 1 aliphatic heterocycles. The molecule has 0 radical (unpaired) electrons. The molecule has 1 fully saturated rings. The number of aromatic nitrogens is 2. The minimum atomic E-state index is 0.0717. The molecule has 2 aromatic rings. The number of methoxy groups -OCH3 is 1. The number of aryl methyl sites for hydroxylation is 2. The van der Waals surface area contributed by atoms with Crippen LogP contribution in [0.2, 0.25) is 5.02 Å². The van der Waals surface area contributed by atoms with E-state index in [1.165, 1.54) is 22.2 Å². The van der Waals surface area contributed by atoms with Gasteiger partial charge in [-0.25, -0.2) is 4.31 Å². The van der Waals surface area contributed by atoms with Crippen molar-refractivity contribution in [3.8, 4) is 0 Å². The molecule has 1 atom stereocenters. The monoisotopic (exact) mass is 410 g/mol. The van der Waals surface area contributed by atoms with Crippen molar-refractivity contribution in [2.24, 2.45) is 13.0 Å². The lowest BCUT2D eigenvalue weighted by atomic mass is 9.88. The van der Waals surface area contributed by atoms with E-state index in [0.717, 1.165) is 48.0 Å². The number of hydrogen-bond donors (Lipinski definition) is 1. The first-order valence-electron chi connectivity index (χ1n) is 9.11. The van der Waals surface area contributed by atoms with Gasteiger partial charge < -0.3 is 4.74 Å². The predicted octanol–water partition coefficient (Wildman–Crippen LogP) is 4.55. The summed E-state index contributed by atoms with van der Waals surface area (Å²) in [6.07, 6.45) is 2.09. The third kappa shape index (κ3) is 4.60. The van der Waals surface area contributed by atoms with Crippen molar-refractivity contribution in [2.75, 3.05) is 24.7 Å². The van der Waals surface area contributed by atoms with Gasteiger partial charge in [0.25, 0.3) is 0 Å². The van der Waals surface area contributed by atoms with E-state index in [2.05, 4.69) is 9.40 Å². The normalized spacial score (nSPS) is 17.3. The quantitative estimate of drug-likeness (QED) is 0.557. The Kier molecular flexibility index (Phi) is 6.70. The van der Waals surface area contributed by atoms with E-state index in [1.807, 2.05) is 45.2 Å². The van der Waals surface area contributed by atoms with E-state index >= 15 is 0 Å². The van der Waals surface area contributed by atoms with Crippen LogP contribution in [-0.2, 0) is 11.8 Å². The van der Waals surface area contributed by atoms with Crippen LogP contribution in [0.5, 0.6) is 0 Å². The van der Waals surface area contributed by atoms with Crippen LogP contribution in [0, 0.1) is 19.8 Å². The van der Waals surface area contributed by atoms with Gasteiger partial charge in [-0.2, -0.15) is 9.57 Å². The molecule has 0 saturated carbocycles. The van der Waals surface area contributed by atoms with Crippen LogP contribution in [0.25, 0.3) is 0 Å². The third-order valence-corrected chi connectivity index (χ3v) is 6.42. The molecule has 1 unspecified atom stereocenters. The van der Waals surface area contributed by atoms with Gasteiger partial charge in [0, 0.05) is 32.3 Å². The summed E-state index contributed by atoms with van der Waals surface area (Å²) in [4.78, 5) is 0. The first kappa shape index (κ1) is 20.5. The van der Waals surface area contributed by atoms with Gasteiger partial charge in [-0.1, -0.05) is 23.7 Å². The number of rotatable bonds is 6. The number of hydrogen-bond acceptors (Lipinski definition) is 6. The van der Waals surface area contributed by atoms with Crippen molar-refractivity contribution in [2.45, 2.75) is 32.8 Å². The number of piperidine rings is 1. The van der Waals surface area contributed by atoms with Gasteiger partial charge >= 0.3 is 0 Å². The number of nitrogens with zero attached hydrogens (tertiary/aromatic N) is 4. The summed E-state index contributed by atoms with van der Waals surface area (Å²) < 4.78 is 11.0. The molecule has 3 rings (SSSR count). The Morgan fingerprint density at radius 2 is 1.89 bits per heavy atom. The SMILES string of the molecule is COC(c1ccc(Cl)cc1)C1CCN(SN(O)c2c(C)nn(C)c2C)CC1. The Hall–Kier alpha value is -1.25. The Morgan fingerprint density at radius 3 is 2.41 bits per heavy atom. The van der Waals surface area contributed by atoms with E-state index in [1.54, 1.807) is 11.8 Å². The molecule has 2 heterocycles. The molecule has 0 aliphatic carbocycles. The molecule has 0 amide bonds. The third-order valence-electron chi connectivity index (χ3n) is 5.23. The molecular weight excluding hydrogens is 384 g/mol. The lowest BCUT2D eigenvalue weighted by Crippen LogP contribution is -2.34. The molecule has 8 heteroatoms. The molecule has 27 heavy (non-hydrogen) atoms. The summed E-state index contributed by atoms with van der Waals surface area (Å²) in [5, 5.41) is 15.6. The average molecular weight is 411 g/mol. The number of ether oxygens (including phenoxy) is 1. The van der Waals surface area contributed by atoms with E-state index in [0.29, 0.717) is 5.92 Å². The highest BCUT2D eigenvalue weighted by Crippen LogP contribution is 2.37. The van der Waals surface area contributed by atoms with E-state index in [-0.39, 0.29) is 6.10 Å². The zero-order valence-electron chi connectivity index (χ0n) is 16.2. The summed E-state index contributed by atoms with van der Waals surface area (Å²) >= 11 is 7.35. The second-order valence-electron chi connectivity index (χ2n) is 6.97. The van der Waals surface area contributed by atoms with Gasteiger partial charge in [0.15, 0.2) is 0 Å². The molecule has 0 spiro atoms. The fourth-order valence-electron chi connectivity index (χ4n) is 3.70. The summed E-state index contributed by atoms with van der Waals surface area (Å²) in [6.45, 7) is 5.64. The Labute approximate surface area is 170 Å². The van der Waals surface area contributed by atoms with Crippen LogP contribution in [0.4, 0.5) is 5.69 Å². The smallest absolute Gasteiger partial charge is 0.122 e. The van der Waals surface area contributed by atoms with Crippen LogP contribution in [-0.4, -0.2) is 39.5 Å². The molecule has 1 aliphatic rings. The van der Waals surface area contributed by atoms with Crippen LogP contribution in [0.15, 0.2) is 24.3 Å². The predicted molar refractivity (Wildman–Crippen MR) is 110 cm³/mol. The van der Waals surface area contributed by atoms with Crippen LogP contribution in [0.3, 0.4) is 0 Å². The molecule has 1 saturated heterocycles. The highest BCUT2D eigenvalue weighted by atomic mass is 35.5. The number of halogens is 1. The first-order chi connectivity index (χ1) is 12.9. The fraction of sp³-hybridized carbons (Fsp3) is 0.526. The van der Waals surface area contributed by atoms with Gasteiger partial charge in [0.1, 0.15) is 5.69 Å². The summed E-state index contributed by atoms with van der Waals surface area (Å²) in [6, 6.07) is 7.91. The minimum absolute atomic E-state index is 0.0717. The summed E-state index contributed by atoms with van der Waals surface area (Å²) in [7, 11) is 3.65. The van der Waals surface area contributed by atoms with Crippen molar-refractivity contribution in [3.05, 3.63) is 46.2 Å². The Morgan fingerprint density at radius 1 is 1.26 bits per heavy atom. The number of anilines is 1. The summed E-state index contributed by atoms with van der Waals surface area (Å²) in [5.41, 5.74) is 3.69. The minimum Gasteiger partial charge on any atom is -0.376 e. The van der Waals surface area contributed by atoms with Crippen LogP contribution < -0.4 is 4.47 Å². The maximum absolute atomic E-state index is 10.5. The fourth-order valence-corrected chi connectivity index (χ4v) is 4.77. The average Bonchev–Trinajstić information content (AvgIpc) is 2.90. The van der Waals surface area contributed by atoms with Gasteiger partial charge in [-0.15, -0.1) is 0 Å². The van der Waals surface area contributed by atoms with E-state index < -0.39 is 0 Å². The highest BCUT2D eigenvalue weighted by Gasteiger charge is 2.29. The molecule has 0 bridgehead atoms. The maximum Gasteiger partial charge on any atom is 0.122 e. The van der Waals surface area contributed by atoms with Crippen molar-refractivity contribution < 1.29 is 9.94 Å². The van der Waals surface area contributed by atoms with Crippen molar-refractivity contribution in [1.82, 2.24) is 14.1 Å². The molecule has 1 aromatic carbocycles. The van der Waals surface area contributed by atoms with Gasteiger partial charge in [0.2, 0.25) is 0 Å². The molecule has 1 N–H and O–H groups in total. The maximum atomic E-state index is 10.5. The van der Waals surface area contributed by atoms with Crippen molar-refractivity contribution >= 4 is 29.4 Å². The molecule has 1 aromatic heterocycles. The number of benzene rings is 1. The summed E-state index contributed by atoms with van der Waals surface area (Å²) in [5.74, 6) is 0.446. The molecule has 148 valence electrons.